The molecule has 0 saturated heterocycles. The molecular weight excluding hydrogens is 337 g/mol. The van der Waals surface area contributed by atoms with Crippen molar-refractivity contribution in [1.82, 2.24) is 20.1 Å². The zero-order valence-corrected chi connectivity index (χ0v) is 14.9. The molecule has 0 aromatic carbocycles. The number of carbonyl (C=O) groups excluding carboxylic acids is 1. The van der Waals surface area contributed by atoms with E-state index in [1.54, 1.807) is 17.1 Å². The van der Waals surface area contributed by atoms with Gasteiger partial charge in [0.1, 0.15) is 0 Å². The van der Waals surface area contributed by atoms with E-state index in [1.165, 1.54) is 0 Å². The van der Waals surface area contributed by atoms with Crippen LogP contribution < -0.4 is 11.1 Å². The summed E-state index contributed by atoms with van der Waals surface area (Å²) >= 11 is 0. The number of aromatic nitrogens is 3. The summed E-state index contributed by atoms with van der Waals surface area (Å²) in [5.41, 5.74) is 7.12. The Labute approximate surface area is 148 Å². The molecule has 1 amide bonds. The van der Waals surface area contributed by atoms with Crippen molar-refractivity contribution in [3.63, 3.8) is 0 Å². The first kappa shape index (κ1) is 21.4. The highest BCUT2D eigenvalue weighted by molar-refractivity contribution is 5.95. The van der Waals surface area contributed by atoms with Crippen molar-refractivity contribution >= 4 is 30.7 Å². The van der Waals surface area contributed by atoms with Crippen LogP contribution in [0, 0.1) is 0 Å². The standard InChI is InChI=1S/C15H21N5O.2ClH/c1-3-13-12(15(21)18-9-7-11(2)16)10-19-20(13)14-6-4-5-8-17-14;;/h4-6,8,10-11H,3,7,9,16H2,1-2H3,(H,18,21);2*1H. The molecule has 2 heterocycles. The molecule has 0 saturated carbocycles. The van der Waals surface area contributed by atoms with Crippen LogP contribution in [0.4, 0.5) is 0 Å². The molecule has 1 unspecified atom stereocenters. The molecule has 3 N–H and O–H groups in total. The molecular formula is C15H23Cl2N5O. The molecule has 0 spiro atoms. The minimum atomic E-state index is -0.116. The number of carbonyl (C=O) groups is 1. The highest BCUT2D eigenvalue weighted by Gasteiger charge is 2.17. The van der Waals surface area contributed by atoms with Gasteiger partial charge in [0.2, 0.25) is 0 Å². The lowest BCUT2D eigenvalue weighted by molar-refractivity contribution is 0.0952. The van der Waals surface area contributed by atoms with Crippen molar-refractivity contribution in [1.29, 1.82) is 0 Å². The van der Waals surface area contributed by atoms with Crippen molar-refractivity contribution in [3.05, 3.63) is 41.9 Å². The van der Waals surface area contributed by atoms with Gasteiger partial charge < -0.3 is 11.1 Å². The molecule has 23 heavy (non-hydrogen) atoms. The highest BCUT2D eigenvalue weighted by atomic mass is 35.5. The fraction of sp³-hybridized carbons (Fsp3) is 0.400. The second-order valence-corrected chi connectivity index (χ2v) is 4.98. The van der Waals surface area contributed by atoms with E-state index in [-0.39, 0.29) is 36.8 Å². The summed E-state index contributed by atoms with van der Waals surface area (Å²) in [5, 5.41) is 7.17. The third kappa shape index (κ3) is 5.49. The van der Waals surface area contributed by atoms with Gasteiger partial charge in [-0.1, -0.05) is 13.0 Å². The van der Waals surface area contributed by atoms with Gasteiger partial charge in [-0.05, 0) is 31.9 Å². The Morgan fingerprint density at radius 2 is 2.13 bits per heavy atom. The molecule has 2 aromatic heterocycles. The molecule has 2 aromatic rings. The summed E-state index contributed by atoms with van der Waals surface area (Å²) in [6.07, 6.45) is 4.75. The number of nitrogens with zero attached hydrogens (tertiary/aromatic N) is 3. The van der Waals surface area contributed by atoms with Crippen molar-refractivity contribution in [2.75, 3.05) is 6.54 Å². The van der Waals surface area contributed by atoms with E-state index < -0.39 is 0 Å². The Morgan fingerprint density at radius 1 is 1.39 bits per heavy atom. The van der Waals surface area contributed by atoms with Crippen molar-refractivity contribution < 1.29 is 4.79 Å². The Balaban J connectivity index is 0.00000242. The number of nitrogens with two attached hydrogens (primary N) is 1. The van der Waals surface area contributed by atoms with Gasteiger partial charge in [-0.3, -0.25) is 4.79 Å². The van der Waals surface area contributed by atoms with E-state index in [9.17, 15) is 4.79 Å². The number of hydrogen-bond acceptors (Lipinski definition) is 4. The fourth-order valence-corrected chi connectivity index (χ4v) is 2.09. The summed E-state index contributed by atoms with van der Waals surface area (Å²) in [5.74, 6) is 0.596. The van der Waals surface area contributed by atoms with Crippen LogP contribution >= 0.6 is 24.8 Å². The van der Waals surface area contributed by atoms with Crippen molar-refractivity contribution in [2.45, 2.75) is 32.7 Å². The van der Waals surface area contributed by atoms with Gasteiger partial charge in [-0.2, -0.15) is 5.10 Å². The van der Waals surface area contributed by atoms with Gasteiger partial charge in [-0.15, -0.1) is 24.8 Å². The maximum absolute atomic E-state index is 12.2. The number of pyridine rings is 1. The van der Waals surface area contributed by atoms with Gasteiger partial charge in [0.15, 0.2) is 5.82 Å². The van der Waals surface area contributed by atoms with Crippen LogP contribution in [0.1, 0.15) is 36.3 Å². The first-order chi connectivity index (χ1) is 10.1. The van der Waals surface area contributed by atoms with E-state index in [2.05, 4.69) is 15.4 Å². The number of hydrogen-bond donors (Lipinski definition) is 2. The first-order valence-corrected chi connectivity index (χ1v) is 7.15. The van der Waals surface area contributed by atoms with Crippen molar-refractivity contribution in [3.8, 4) is 5.82 Å². The van der Waals surface area contributed by atoms with Gasteiger partial charge in [0.25, 0.3) is 5.91 Å². The summed E-state index contributed by atoms with van der Waals surface area (Å²) in [7, 11) is 0. The lowest BCUT2D eigenvalue weighted by Gasteiger charge is -2.09. The molecule has 0 fully saturated rings. The summed E-state index contributed by atoms with van der Waals surface area (Å²) in [6.45, 7) is 4.48. The Morgan fingerprint density at radius 3 is 2.70 bits per heavy atom. The molecule has 1 atom stereocenters. The molecule has 8 heteroatoms. The first-order valence-electron chi connectivity index (χ1n) is 7.15. The third-order valence-corrected chi connectivity index (χ3v) is 3.20. The summed E-state index contributed by atoms with van der Waals surface area (Å²) in [4.78, 5) is 16.5. The van der Waals surface area contributed by atoms with E-state index in [0.717, 1.165) is 12.1 Å². The number of halogens is 2. The van der Waals surface area contributed by atoms with Crippen LogP contribution in [-0.2, 0) is 6.42 Å². The maximum Gasteiger partial charge on any atom is 0.254 e. The van der Waals surface area contributed by atoms with Crippen LogP contribution in [-0.4, -0.2) is 33.3 Å². The predicted octanol–water partition coefficient (Wildman–Crippen LogP) is 2.14. The lowest BCUT2D eigenvalue weighted by atomic mass is 10.2. The molecule has 6 nitrogen and oxygen atoms in total. The molecule has 2 rings (SSSR count). The predicted molar refractivity (Wildman–Crippen MR) is 95.8 cm³/mol. The smallest absolute Gasteiger partial charge is 0.254 e. The number of rotatable bonds is 6. The van der Waals surface area contributed by atoms with E-state index in [1.807, 2.05) is 32.0 Å². The van der Waals surface area contributed by atoms with E-state index in [0.29, 0.717) is 24.3 Å². The fourth-order valence-electron chi connectivity index (χ4n) is 2.09. The van der Waals surface area contributed by atoms with E-state index >= 15 is 0 Å². The topological polar surface area (TPSA) is 85.8 Å². The zero-order valence-electron chi connectivity index (χ0n) is 13.2. The average molecular weight is 360 g/mol. The minimum absolute atomic E-state index is 0. The highest BCUT2D eigenvalue weighted by Crippen LogP contribution is 2.14. The number of nitrogens with one attached hydrogen (secondary N) is 1. The van der Waals surface area contributed by atoms with Gasteiger partial charge in [0, 0.05) is 18.8 Å². The van der Waals surface area contributed by atoms with Crippen LogP contribution in [0.3, 0.4) is 0 Å². The Hall–Kier alpha value is -1.63. The van der Waals surface area contributed by atoms with E-state index in [4.69, 9.17) is 5.73 Å². The molecule has 0 radical (unpaired) electrons. The van der Waals surface area contributed by atoms with Crippen LogP contribution in [0.2, 0.25) is 0 Å². The Kier molecular flexibility index (Phi) is 9.48. The Bertz CT molecular complexity index is 601. The lowest BCUT2D eigenvalue weighted by Crippen LogP contribution is -2.29. The quantitative estimate of drug-likeness (QED) is 0.827. The second kappa shape index (κ2) is 10.2. The zero-order chi connectivity index (χ0) is 15.2. The van der Waals surface area contributed by atoms with Gasteiger partial charge in [-0.25, -0.2) is 9.67 Å². The molecule has 128 valence electrons. The normalized spacial score (nSPS) is 11.1. The largest absolute Gasteiger partial charge is 0.352 e. The van der Waals surface area contributed by atoms with Crippen LogP contribution in [0.15, 0.2) is 30.6 Å². The maximum atomic E-state index is 12.2. The summed E-state index contributed by atoms with van der Waals surface area (Å²) in [6, 6.07) is 5.68. The third-order valence-electron chi connectivity index (χ3n) is 3.20. The van der Waals surface area contributed by atoms with Gasteiger partial charge >= 0.3 is 0 Å². The SMILES string of the molecule is CCc1c(C(=O)NCCC(C)N)cnn1-c1ccccn1.Cl.Cl. The molecule has 0 aliphatic rings. The van der Waals surface area contributed by atoms with Crippen LogP contribution in [0.5, 0.6) is 0 Å². The molecule has 0 aliphatic heterocycles. The summed E-state index contributed by atoms with van der Waals surface area (Å²) < 4.78 is 1.71. The second-order valence-electron chi connectivity index (χ2n) is 4.98. The minimum Gasteiger partial charge on any atom is -0.352 e. The van der Waals surface area contributed by atoms with Crippen molar-refractivity contribution in [2.24, 2.45) is 5.73 Å². The molecule has 0 bridgehead atoms. The van der Waals surface area contributed by atoms with Gasteiger partial charge in [0.05, 0.1) is 17.5 Å². The molecule has 0 aliphatic carbocycles. The number of amides is 1. The average Bonchev–Trinajstić information content (AvgIpc) is 2.91. The van der Waals surface area contributed by atoms with Crippen LogP contribution in [0.25, 0.3) is 5.82 Å². The monoisotopic (exact) mass is 359 g/mol.